The molecule has 1 fully saturated rings. The van der Waals surface area contributed by atoms with Crippen LogP contribution in [0.2, 0.25) is 5.02 Å². The zero-order valence-electron chi connectivity index (χ0n) is 13.1. The van der Waals surface area contributed by atoms with Gasteiger partial charge in [0.2, 0.25) is 0 Å². The van der Waals surface area contributed by atoms with Gasteiger partial charge in [0.05, 0.1) is 13.2 Å². The number of nitrogens with one attached hydrogen (secondary N) is 1. The van der Waals surface area contributed by atoms with Gasteiger partial charge in [-0.25, -0.2) is 0 Å². The van der Waals surface area contributed by atoms with Crippen molar-refractivity contribution in [1.82, 2.24) is 5.32 Å². The highest BCUT2D eigenvalue weighted by atomic mass is 35.5. The quantitative estimate of drug-likeness (QED) is 0.845. The Labute approximate surface area is 131 Å². The molecule has 1 aromatic carbocycles. The fourth-order valence-corrected chi connectivity index (χ4v) is 3.10. The standard InChI is InChI=1S/C16H24ClNO3/c1-5-21-14-8-13(16(14,2)3)18-9-10-6-11(17)7-12(20-4)15(10)19/h6-7,13-14,18-19H,5,8-9H2,1-4H3. The van der Waals surface area contributed by atoms with E-state index in [1.807, 2.05) is 6.92 Å². The Hall–Kier alpha value is -0.970. The number of halogens is 1. The number of rotatable bonds is 6. The number of benzene rings is 1. The van der Waals surface area contributed by atoms with Crippen LogP contribution in [0.15, 0.2) is 12.1 Å². The summed E-state index contributed by atoms with van der Waals surface area (Å²) in [4.78, 5) is 0. The minimum absolute atomic E-state index is 0.0916. The van der Waals surface area contributed by atoms with Gasteiger partial charge in [-0.2, -0.15) is 0 Å². The van der Waals surface area contributed by atoms with E-state index >= 15 is 0 Å². The molecule has 0 spiro atoms. The van der Waals surface area contributed by atoms with Crippen molar-refractivity contribution in [3.63, 3.8) is 0 Å². The van der Waals surface area contributed by atoms with E-state index in [1.165, 1.54) is 7.11 Å². The van der Waals surface area contributed by atoms with Gasteiger partial charge >= 0.3 is 0 Å². The lowest BCUT2D eigenvalue weighted by Crippen LogP contribution is -2.60. The molecule has 1 aliphatic carbocycles. The zero-order chi connectivity index (χ0) is 15.6. The molecule has 5 heteroatoms. The van der Waals surface area contributed by atoms with E-state index in [-0.39, 0.29) is 11.2 Å². The molecule has 2 N–H and O–H groups in total. The maximum absolute atomic E-state index is 10.1. The average Bonchev–Trinajstić information content (AvgIpc) is 2.44. The fraction of sp³-hybridized carbons (Fsp3) is 0.625. The Morgan fingerprint density at radius 2 is 2.14 bits per heavy atom. The number of aromatic hydroxyl groups is 1. The van der Waals surface area contributed by atoms with Crippen LogP contribution in [0.1, 0.15) is 32.8 Å². The monoisotopic (exact) mass is 313 g/mol. The van der Waals surface area contributed by atoms with Crippen LogP contribution in [-0.4, -0.2) is 31.0 Å². The molecule has 4 nitrogen and oxygen atoms in total. The van der Waals surface area contributed by atoms with Gasteiger partial charge in [0.1, 0.15) is 0 Å². The molecule has 1 saturated carbocycles. The first-order valence-electron chi connectivity index (χ1n) is 7.30. The fourth-order valence-electron chi connectivity index (χ4n) is 2.87. The molecule has 2 atom stereocenters. The lowest BCUT2D eigenvalue weighted by atomic mass is 9.64. The first kappa shape index (κ1) is 16.4. The summed E-state index contributed by atoms with van der Waals surface area (Å²) >= 11 is 6.05. The summed E-state index contributed by atoms with van der Waals surface area (Å²) in [5, 5.41) is 14.2. The van der Waals surface area contributed by atoms with Crippen molar-refractivity contribution in [3.05, 3.63) is 22.7 Å². The van der Waals surface area contributed by atoms with E-state index in [1.54, 1.807) is 12.1 Å². The molecule has 0 radical (unpaired) electrons. The molecule has 0 amide bonds. The largest absolute Gasteiger partial charge is 0.504 e. The van der Waals surface area contributed by atoms with Crippen LogP contribution < -0.4 is 10.1 Å². The summed E-state index contributed by atoms with van der Waals surface area (Å²) in [6.45, 7) is 7.72. The molecule has 2 rings (SSSR count). The van der Waals surface area contributed by atoms with Gasteiger partial charge in [-0.05, 0) is 19.4 Å². The van der Waals surface area contributed by atoms with Crippen molar-refractivity contribution >= 4 is 11.6 Å². The lowest BCUT2D eigenvalue weighted by molar-refractivity contribution is -0.114. The molecule has 0 bridgehead atoms. The average molecular weight is 314 g/mol. The molecule has 0 heterocycles. The summed E-state index contributed by atoms with van der Waals surface area (Å²) in [6.07, 6.45) is 1.28. The van der Waals surface area contributed by atoms with Crippen molar-refractivity contribution in [2.24, 2.45) is 5.41 Å². The minimum Gasteiger partial charge on any atom is -0.504 e. The van der Waals surface area contributed by atoms with Crippen LogP contribution >= 0.6 is 11.6 Å². The highest BCUT2D eigenvalue weighted by molar-refractivity contribution is 6.30. The zero-order valence-corrected chi connectivity index (χ0v) is 13.8. The molecule has 0 aromatic heterocycles. The normalized spacial score (nSPS) is 23.7. The van der Waals surface area contributed by atoms with E-state index < -0.39 is 0 Å². The topological polar surface area (TPSA) is 50.7 Å². The van der Waals surface area contributed by atoms with Gasteiger partial charge in [-0.1, -0.05) is 25.4 Å². The summed E-state index contributed by atoms with van der Waals surface area (Å²) < 4.78 is 10.8. The Morgan fingerprint density at radius 1 is 1.43 bits per heavy atom. The molecule has 2 unspecified atom stereocenters. The molecular formula is C16H24ClNO3. The van der Waals surface area contributed by atoms with Crippen LogP contribution in [0.3, 0.4) is 0 Å². The molecule has 0 saturated heterocycles. The van der Waals surface area contributed by atoms with Gasteiger partial charge < -0.3 is 19.9 Å². The Morgan fingerprint density at radius 3 is 2.71 bits per heavy atom. The Kier molecular flexibility index (Phi) is 5.02. The number of ether oxygens (including phenoxy) is 2. The van der Waals surface area contributed by atoms with Crippen molar-refractivity contribution in [3.8, 4) is 11.5 Å². The molecule has 118 valence electrons. The Bertz CT molecular complexity index is 505. The van der Waals surface area contributed by atoms with Crippen molar-refractivity contribution in [1.29, 1.82) is 0 Å². The minimum atomic E-state index is 0.0916. The summed E-state index contributed by atoms with van der Waals surface area (Å²) in [5.41, 5.74) is 0.837. The second kappa shape index (κ2) is 6.42. The second-order valence-corrected chi connectivity index (χ2v) is 6.49. The molecule has 1 aromatic rings. The maximum atomic E-state index is 10.1. The van der Waals surface area contributed by atoms with Gasteiger partial charge in [0, 0.05) is 41.3 Å². The molecule has 1 aliphatic rings. The van der Waals surface area contributed by atoms with Gasteiger partial charge in [-0.15, -0.1) is 0 Å². The van der Waals surface area contributed by atoms with Crippen molar-refractivity contribution in [2.75, 3.05) is 13.7 Å². The third-order valence-corrected chi connectivity index (χ3v) is 4.64. The van der Waals surface area contributed by atoms with Gasteiger partial charge in [-0.3, -0.25) is 0 Å². The van der Waals surface area contributed by atoms with E-state index in [0.717, 1.165) is 18.6 Å². The highest BCUT2D eigenvalue weighted by Gasteiger charge is 2.48. The number of hydrogen-bond acceptors (Lipinski definition) is 4. The highest BCUT2D eigenvalue weighted by Crippen LogP contribution is 2.43. The molecule has 0 aliphatic heterocycles. The van der Waals surface area contributed by atoms with Crippen molar-refractivity contribution < 1.29 is 14.6 Å². The summed E-state index contributed by atoms with van der Waals surface area (Å²) in [7, 11) is 1.52. The van der Waals surface area contributed by atoms with Crippen LogP contribution in [0.25, 0.3) is 0 Å². The number of phenols is 1. The predicted octanol–water partition coefficient (Wildman–Crippen LogP) is 3.35. The van der Waals surface area contributed by atoms with Crippen molar-refractivity contribution in [2.45, 2.75) is 45.9 Å². The maximum Gasteiger partial charge on any atom is 0.162 e. The number of phenolic OH excluding ortho intramolecular Hbond substituents is 1. The van der Waals surface area contributed by atoms with Crippen LogP contribution in [-0.2, 0) is 11.3 Å². The van der Waals surface area contributed by atoms with Crippen LogP contribution in [0.4, 0.5) is 0 Å². The predicted molar refractivity (Wildman–Crippen MR) is 84.1 cm³/mol. The smallest absolute Gasteiger partial charge is 0.162 e. The molecule has 21 heavy (non-hydrogen) atoms. The number of methoxy groups -OCH3 is 1. The van der Waals surface area contributed by atoms with Crippen LogP contribution in [0, 0.1) is 5.41 Å². The van der Waals surface area contributed by atoms with E-state index in [9.17, 15) is 5.11 Å². The summed E-state index contributed by atoms with van der Waals surface area (Å²) in [5.74, 6) is 0.548. The van der Waals surface area contributed by atoms with Gasteiger partial charge in [0.15, 0.2) is 11.5 Å². The van der Waals surface area contributed by atoms with Crippen LogP contribution in [0.5, 0.6) is 11.5 Å². The number of hydrogen-bond donors (Lipinski definition) is 2. The summed E-state index contributed by atoms with van der Waals surface area (Å²) in [6, 6.07) is 3.73. The molecular weight excluding hydrogens is 290 g/mol. The Balaban J connectivity index is 2.00. The van der Waals surface area contributed by atoms with E-state index in [0.29, 0.717) is 29.5 Å². The SMILES string of the molecule is CCOC1CC(NCc2cc(Cl)cc(OC)c2O)C1(C)C. The second-order valence-electron chi connectivity index (χ2n) is 6.05. The third kappa shape index (κ3) is 3.28. The van der Waals surface area contributed by atoms with E-state index in [4.69, 9.17) is 21.1 Å². The lowest BCUT2D eigenvalue weighted by Gasteiger charge is -2.52. The first-order valence-corrected chi connectivity index (χ1v) is 7.68. The third-order valence-electron chi connectivity index (χ3n) is 4.42. The van der Waals surface area contributed by atoms with E-state index in [2.05, 4.69) is 19.2 Å². The van der Waals surface area contributed by atoms with Gasteiger partial charge in [0.25, 0.3) is 0 Å². The first-order chi connectivity index (χ1) is 9.90.